The molecule has 0 aromatic heterocycles. The first kappa shape index (κ1) is 10.2. The van der Waals surface area contributed by atoms with E-state index < -0.39 is 16.4 Å². The summed E-state index contributed by atoms with van der Waals surface area (Å²) >= 11 is 0. The van der Waals surface area contributed by atoms with Crippen molar-refractivity contribution in [2.45, 2.75) is 6.42 Å². The van der Waals surface area contributed by atoms with E-state index in [-0.39, 0.29) is 12.1 Å². The maximum absolute atomic E-state index is 10.5. The van der Waals surface area contributed by atoms with Crippen LogP contribution >= 0.6 is 0 Å². The Kier molecular flexibility index (Phi) is 3.21. The van der Waals surface area contributed by atoms with Crippen molar-refractivity contribution in [3.05, 3.63) is 31.7 Å². The molecule has 14 heavy (non-hydrogen) atoms. The van der Waals surface area contributed by atoms with Gasteiger partial charge in [-0.1, -0.05) is 0 Å². The molecule has 1 saturated heterocycles. The van der Waals surface area contributed by atoms with E-state index in [1.165, 1.54) is 0 Å². The lowest BCUT2D eigenvalue weighted by Gasteiger charge is -2.01. The Labute approximate surface area is 79.3 Å². The predicted molar refractivity (Wildman–Crippen MR) is 46.5 cm³/mol. The molecule has 1 aliphatic rings. The van der Waals surface area contributed by atoms with Gasteiger partial charge in [-0.25, -0.2) is 0 Å². The lowest BCUT2D eigenvalue weighted by molar-refractivity contribution is -0.490. The van der Waals surface area contributed by atoms with Crippen LogP contribution in [0.25, 0.3) is 0 Å². The summed E-state index contributed by atoms with van der Waals surface area (Å²) in [5.41, 5.74) is -0.154. The van der Waals surface area contributed by atoms with Gasteiger partial charge in [0.2, 0.25) is 6.54 Å². The largest absolute Gasteiger partial charge is 0.365 e. The Hall–Kier alpha value is -1.86. The van der Waals surface area contributed by atoms with Crippen LogP contribution in [0.1, 0.15) is 6.42 Å². The standard InChI is InChI=1S/C6H10N4O4/c11-9(12)4-1-5(10(13)14)6-7-2-3-8-6/h7-8H,1-4H2. The van der Waals surface area contributed by atoms with Gasteiger partial charge in [0.15, 0.2) is 5.82 Å². The van der Waals surface area contributed by atoms with Crippen molar-refractivity contribution >= 4 is 0 Å². The summed E-state index contributed by atoms with van der Waals surface area (Å²) in [6, 6.07) is 0. The fraction of sp³-hybridized carbons (Fsp3) is 0.667. The van der Waals surface area contributed by atoms with Crippen molar-refractivity contribution in [1.82, 2.24) is 10.6 Å². The van der Waals surface area contributed by atoms with E-state index in [0.29, 0.717) is 18.9 Å². The molecule has 1 heterocycles. The summed E-state index contributed by atoms with van der Waals surface area (Å²) in [6.45, 7) is 0.777. The van der Waals surface area contributed by atoms with Crippen LogP contribution in [-0.2, 0) is 0 Å². The van der Waals surface area contributed by atoms with Gasteiger partial charge in [0.05, 0.1) is 4.92 Å². The molecule has 1 rings (SSSR count). The minimum Gasteiger partial charge on any atom is -0.365 e. The number of nitrogens with zero attached hydrogens (tertiary/aromatic N) is 2. The number of hydrogen-bond donors (Lipinski definition) is 2. The maximum Gasteiger partial charge on any atom is 0.292 e. The van der Waals surface area contributed by atoms with Gasteiger partial charge in [-0.2, -0.15) is 0 Å². The highest BCUT2D eigenvalue weighted by molar-refractivity contribution is 5.07. The third kappa shape index (κ3) is 2.57. The zero-order valence-electron chi connectivity index (χ0n) is 7.36. The Morgan fingerprint density at radius 1 is 1.29 bits per heavy atom. The van der Waals surface area contributed by atoms with Crippen LogP contribution in [-0.4, -0.2) is 29.5 Å². The van der Waals surface area contributed by atoms with E-state index >= 15 is 0 Å². The van der Waals surface area contributed by atoms with Crippen molar-refractivity contribution in [1.29, 1.82) is 0 Å². The van der Waals surface area contributed by atoms with Crippen LogP contribution in [0, 0.1) is 20.2 Å². The SMILES string of the molecule is O=[N+]([O-])CCC(=C1NCCN1)[N+](=O)[O-]. The summed E-state index contributed by atoms with van der Waals surface area (Å²) in [5.74, 6) is 0.303. The van der Waals surface area contributed by atoms with Crippen molar-refractivity contribution in [3.8, 4) is 0 Å². The Bertz CT molecular complexity index is 280. The molecule has 0 aliphatic carbocycles. The van der Waals surface area contributed by atoms with Crippen LogP contribution in [0.15, 0.2) is 11.5 Å². The van der Waals surface area contributed by atoms with Gasteiger partial charge in [0.1, 0.15) is 6.42 Å². The molecule has 78 valence electrons. The van der Waals surface area contributed by atoms with Gasteiger partial charge in [-0.3, -0.25) is 20.2 Å². The van der Waals surface area contributed by atoms with Gasteiger partial charge >= 0.3 is 0 Å². The van der Waals surface area contributed by atoms with Gasteiger partial charge in [-0.15, -0.1) is 0 Å². The molecular formula is C6H10N4O4. The van der Waals surface area contributed by atoms with Crippen LogP contribution in [0.5, 0.6) is 0 Å². The lowest BCUT2D eigenvalue weighted by atomic mass is 10.3. The molecule has 0 aromatic rings. The van der Waals surface area contributed by atoms with Crippen LogP contribution in [0.2, 0.25) is 0 Å². The van der Waals surface area contributed by atoms with Crippen molar-refractivity contribution < 1.29 is 9.85 Å². The van der Waals surface area contributed by atoms with E-state index in [2.05, 4.69) is 10.6 Å². The van der Waals surface area contributed by atoms with E-state index in [1.807, 2.05) is 0 Å². The molecule has 0 radical (unpaired) electrons. The highest BCUT2D eigenvalue weighted by Crippen LogP contribution is 2.07. The summed E-state index contributed by atoms with van der Waals surface area (Å²) in [5, 5.41) is 26.1. The normalized spacial score (nSPS) is 14.4. The minimum absolute atomic E-state index is 0.154. The zero-order valence-corrected chi connectivity index (χ0v) is 7.36. The van der Waals surface area contributed by atoms with E-state index in [0.717, 1.165) is 0 Å². The average Bonchev–Trinajstić information content (AvgIpc) is 2.56. The first-order valence-corrected chi connectivity index (χ1v) is 4.08. The molecule has 8 heteroatoms. The molecule has 0 bridgehead atoms. The van der Waals surface area contributed by atoms with Gasteiger partial charge in [0.25, 0.3) is 5.70 Å². The molecular weight excluding hydrogens is 192 g/mol. The molecule has 0 unspecified atom stereocenters. The minimum atomic E-state index is -0.593. The van der Waals surface area contributed by atoms with E-state index in [9.17, 15) is 20.2 Å². The maximum atomic E-state index is 10.5. The quantitative estimate of drug-likeness (QED) is 0.460. The van der Waals surface area contributed by atoms with E-state index in [1.54, 1.807) is 0 Å². The van der Waals surface area contributed by atoms with Crippen molar-refractivity contribution in [3.63, 3.8) is 0 Å². The molecule has 2 N–H and O–H groups in total. The second-order valence-corrected chi connectivity index (χ2v) is 2.74. The lowest BCUT2D eigenvalue weighted by Crippen LogP contribution is -2.19. The Morgan fingerprint density at radius 3 is 2.29 bits per heavy atom. The average molecular weight is 202 g/mol. The second kappa shape index (κ2) is 4.40. The highest BCUT2D eigenvalue weighted by atomic mass is 16.6. The highest BCUT2D eigenvalue weighted by Gasteiger charge is 2.23. The fourth-order valence-corrected chi connectivity index (χ4v) is 1.15. The van der Waals surface area contributed by atoms with Crippen LogP contribution < -0.4 is 10.6 Å². The third-order valence-electron chi connectivity index (χ3n) is 1.77. The van der Waals surface area contributed by atoms with E-state index in [4.69, 9.17) is 0 Å². The van der Waals surface area contributed by atoms with Gasteiger partial charge < -0.3 is 10.6 Å². The number of rotatable bonds is 4. The zero-order chi connectivity index (χ0) is 10.6. The molecule has 8 nitrogen and oxygen atoms in total. The first-order chi connectivity index (χ1) is 6.61. The van der Waals surface area contributed by atoms with Gasteiger partial charge in [0, 0.05) is 18.0 Å². The summed E-state index contributed by atoms with van der Waals surface area (Å²) < 4.78 is 0. The Morgan fingerprint density at radius 2 is 1.86 bits per heavy atom. The third-order valence-corrected chi connectivity index (χ3v) is 1.77. The summed E-state index contributed by atoms with van der Waals surface area (Å²) in [6.07, 6.45) is -0.171. The molecule has 0 amide bonds. The molecule has 0 aromatic carbocycles. The number of nitrogens with one attached hydrogen (secondary N) is 2. The van der Waals surface area contributed by atoms with Crippen molar-refractivity contribution in [2.24, 2.45) is 0 Å². The molecule has 0 atom stereocenters. The molecule has 1 fully saturated rings. The molecule has 0 saturated carbocycles. The van der Waals surface area contributed by atoms with Crippen LogP contribution in [0.4, 0.5) is 0 Å². The second-order valence-electron chi connectivity index (χ2n) is 2.74. The van der Waals surface area contributed by atoms with Crippen LogP contribution in [0.3, 0.4) is 0 Å². The Balaban J connectivity index is 2.68. The summed E-state index contributed by atoms with van der Waals surface area (Å²) in [7, 11) is 0. The smallest absolute Gasteiger partial charge is 0.292 e. The number of hydrogen-bond acceptors (Lipinski definition) is 6. The monoisotopic (exact) mass is 202 g/mol. The molecule has 0 spiro atoms. The predicted octanol–water partition coefficient (Wildman–Crippen LogP) is -0.708. The summed E-state index contributed by atoms with van der Waals surface area (Å²) in [4.78, 5) is 19.4. The number of nitro groups is 2. The first-order valence-electron chi connectivity index (χ1n) is 4.08. The van der Waals surface area contributed by atoms with Gasteiger partial charge in [-0.05, 0) is 0 Å². The van der Waals surface area contributed by atoms with Crippen molar-refractivity contribution in [2.75, 3.05) is 19.6 Å². The fourth-order valence-electron chi connectivity index (χ4n) is 1.15. The topological polar surface area (TPSA) is 110 Å². The molecule has 1 aliphatic heterocycles.